The second-order valence-corrected chi connectivity index (χ2v) is 4.74. The second kappa shape index (κ2) is 6.13. The first kappa shape index (κ1) is 12.5. The molecule has 1 fully saturated rings. The van der Waals surface area contributed by atoms with Crippen molar-refractivity contribution < 1.29 is 4.74 Å². The van der Waals surface area contributed by atoms with E-state index in [2.05, 4.69) is 36.6 Å². The number of aromatic nitrogens is 2. The largest absolute Gasteiger partial charge is 0.378 e. The van der Waals surface area contributed by atoms with E-state index in [0.717, 1.165) is 36.3 Å². The molecule has 4 N–H and O–H groups in total. The quantitative estimate of drug-likeness (QED) is 0.565. The van der Waals surface area contributed by atoms with Gasteiger partial charge in [0.15, 0.2) is 0 Å². The average molecular weight is 302 g/mol. The number of ether oxygens (including phenoxy) is 1. The fraction of sp³-hybridized carbons (Fsp3) is 0.600. The molecule has 1 aliphatic heterocycles. The zero-order chi connectivity index (χ0) is 12.1. The van der Waals surface area contributed by atoms with Crippen LogP contribution in [-0.4, -0.2) is 29.2 Å². The molecule has 1 saturated heterocycles. The molecule has 1 unspecified atom stereocenters. The molecular weight excluding hydrogens is 286 g/mol. The molecule has 0 saturated carbocycles. The maximum Gasteiger partial charge on any atom is 0.239 e. The van der Waals surface area contributed by atoms with Crippen LogP contribution in [0, 0.1) is 0 Å². The molecule has 0 aromatic carbocycles. The fourth-order valence-corrected chi connectivity index (χ4v) is 2.12. The van der Waals surface area contributed by atoms with E-state index in [1.165, 1.54) is 6.42 Å². The Balaban J connectivity index is 1.84. The van der Waals surface area contributed by atoms with Crippen molar-refractivity contribution in [1.29, 1.82) is 0 Å². The van der Waals surface area contributed by atoms with Gasteiger partial charge in [-0.1, -0.05) is 0 Å². The van der Waals surface area contributed by atoms with Crippen LogP contribution in [0.1, 0.15) is 19.3 Å². The van der Waals surface area contributed by atoms with Crippen LogP contribution in [0.5, 0.6) is 0 Å². The lowest BCUT2D eigenvalue weighted by Gasteiger charge is -2.11. The Bertz CT molecular complexity index is 370. The molecule has 1 aliphatic rings. The van der Waals surface area contributed by atoms with E-state index in [1.54, 1.807) is 6.20 Å². The predicted molar refractivity (Wildman–Crippen MR) is 69.6 cm³/mol. The van der Waals surface area contributed by atoms with E-state index < -0.39 is 0 Å². The van der Waals surface area contributed by atoms with Gasteiger partial charge >= 0.3 is 0 Å². The Morgan fingerprint density at radius 3 is 3.18 bits per heavy atom. The molecule has 1 atom stereocenters. The second-order valence-electron chi connectivity index (χ2n) is 3.88. The van der Waals surface area contributed by atoms with Crippen LogP contribution >= 0.6 is 15.9 Å². The molecule has 2 rings (SSSR count). The van der Waals surface area contributed by atoms with Crippen LogP contribution in [0.2, 0.25) is 0 Å². The standard InChI is InChI=1S/C10H16BrN5O/c11-8-6-14-10(16-12)15-9(8)13-4-3-7-2-1-5-17-7/h6-7H,1-5,12H2,(H2,13,14,15,16). The number of nitrogens with zero attached hydrogens (tertiary/aromatic N) is 2. The maximum atomic E-state index is 5.55. The molecule has 7 heteroatoms. The Kier molecular flexibility index (Phi) is 4.52. The van der Waals surface area contributed by atoms with E-state index in [1.807, 2.05) is 0 Å². The Morgan fingerprint density at radius 2 is 2.47 bits per heavy atom. The Labute approximate surface area is 108 Å². The molecule has 17 heavy (non-hydrogen) atoms. The van der Waals surface area contributed by atoms with Crippen LogP contribution in [0.4, 0.5) is 11.8 Å². The number of hydrogen-bond donors (Lipinski definition) is 3. The summed E-state index contributed by atoms with van der Waals surface area (Å²) >= 11 is 3.39. The zero-order valence-corrected chi connectivity index (χ0v) is 11.0. The highest BCUT2D eigenvalue weighted by Crippen LogP contribution is 2.20. The van der Waals surface area contributed by atoms with Gasteiger partial charge in [-0.05, 0) is 35.2 Å². The number of rotatable bonds is 5. The van der Waals surface area contributed by atoms with Crippen molar-refractivity contribution in [2.75, 3.05) is 23.9 Å². The van der Waals surface area contributed by atoms with Gasteiger partial charge in [-0.25, -0.2) is 10.8 Å². The first-order valence-electron chi connectivity index (χ1n) is 5.64. The number of nitrogens with one attached hydrogen (secondary N) is 2. The van der Waals surface area contributed by atoms with E-state index in [0.29, 0.717) is 12.1 Å². The van der Waals surface area contributed by atoms with Gasteiger partial charge in [-0.15, -0.1) is 0 Å². The SMILES string of the molecule is NNc1ncc(Br)c(NCCC2CCCO2)n1. The maximum absolute atomic E-state index is 5.55. The number of hydrazine groups is 1. The minimum atomic E-state index is 0.384. The summed E-state index contributed by atoms with van der Waals surface area (Å²) in [6.07, 6.45) is 5.36. The molecule has 1 aromatic heterocycles. The van der Waals surface area contributed by atoms with Crippen LogP contribution in [0.3, 0.4) is 0 Å². The molecule has 6 nitrogen and oxygen atoms in total. The molecular formula is C10H16BrN5O. The molecule has 0 spiro atoms. The van der Waals surface area contributed by atoms with Crippen molar-refractivity contribution in [3.8, 4) is 0 Å². The summed E-state index contributed by atoms with van der Waals surface area (Å²) in [5, 5.41) is 3.24. The molecule has 0 aliphatic carbocycles. The van der Waals surface area contributed by atoms with Gasteiger partial charge in [0, 0.05) is 19.3 Å². The molecule has 0 amide bonds. The summed E-state index contributed by atoms with van der Waals surface area (Å²) in [7, 11) is 0. The van der Waals surface area contributed by atoms with E-state index in [-0.39, 0.29) is 0 Å². The fourth-order valence-electron chi connectivity index (χ4n) is 1.78. The van der Waals surface area contributed by atoms with E-state index in [9.17, 15) is 0 Å². The third kappa shape index (κ3) is 3.52. The first-order chi connectivity index (χ1) is 8.29. The summed E-state index contributed by atoms with van der Waals surface area (Å²) in [4.78, 5) is 8.19. The summed E-state index contributed by atoms with van der Waals surface area (Å²) < 4.78 is 6.37. The summed E-state index contributed by atoms with van der Waals surface area (Å²) in [5.41, 5.74) is 2.42. The van der Waals surface area contributed by atoms with E-state index in [4.69, 9.17) is 10.6 Å². The number of anilines is 2. The number of nitrogens with two attached hydrogens (primary N) is 1. The Morgan fingerprint density at radius 1 is 1.59 bits per heavy atom. The Hall–Kier alpha value is -0.920. The van der Waals surface area contributed by atoms with Crippen LogP contribution < -0.4 is 16.6 Å². The van der Waals surface area contributed by atoms with Crippen LogP contribution in [-0.2, 0) is 4.74 Å². The third-order valence-electron chi connectivity index (χ3n) is 2.66. The van der Waals surface area contributed by atoms with Crippen molar-refractivity contribution in [1.82, 2.24) is 9.97 Å². The van der Waals surface area contributed by atoms with Crippen LogP contribution in [0.15, 0.2) is 10.7 Å². The van der Waals surface area contributed by atoms with Crippen molar-refractivity contribution in [3.63, 3.8) is 0 Å². The topological polar surface area (TPSA) is 85.1 Å². The molecule has 94 valence electrons. The monoisotopic (exact) mass is 301 g/mol. The van der Waals surface area contributed by atoms with Gasteiger partial charge in [-0.2, -0.15) is 4.98 Å². The predicted octanol–water partition coefficient (Wildman–Crippen LogP) is 1.51. The first-order valence-corrected chi connectivity index (χ1v) is 6.43. The van der Waals surface area contributed by atoms with Crippen LogP contribution in [0.25, 0.3) is 0 Å². The lowest BCUT2D eigenvalue weighted by molar-refractivity contribution is 0.107. The van der Waals surface area contributed by atoms with Crippen molar-refractivity contribution in [2.45, 2.75) is 25.4 Å². The molecule has 1 aromatic rings. The smallest absolute Gasteiger partial charge is 0.239 e. The van der Waals surface area contributed by atoms with Gasteiger partial charge in [0.25, 0.3) is 0 Å². The molecule has 2 heterocycles. The lowest BCUT2D eigenvalue weighted by atomic mass is 10.2. The number of halogens is 1. The minimum Gasteiger partial charge on any atom is -0.378 e. The average Bonchev–Trinajstić information content (AvgIpc) is 2.84. The number of hydrogen-bond acceptors (Lipinski definition) is 6. The highest BCUT2D eigenvalue weighted by atomic mass is 79.9. The zero-order valence-electron chi connectivity index (χ0n) is 9.45. The lowest BCUT2D eigenvalue weighted by Crippen LogP contribution is -2.15. The molecule has 0 bridgehead atoms. The van der Waals surface area contributed by atoms with Gasteiger partial charge in [0.2, 0.25) is 5.95 Å². The third-order valence-corrected chi connectivity index (χ3v) is 3.24. The summed E-state index contributed by atoms with van der Waals surface area (Å²) in [5.74, 6) is 6.40. The van der Waals surface area contributed by atoms with Gasteiger partial charge in [-0.3, -0.25) is 5.43 Å². The normalized spacial score (nSPS) is 19.3. The minimum absolute atomic E-state index is 0.384. The molecule has 0 radical (unpaired) electrons. The number of nitrogen functional groups attached to an aromatic ring is 1. The van der Waals surface area contributed by atoms with E-state index >= 15 is 0 Å². The van der Waals surface area contributed by atoms with Gasteiger partial charge in [0.1, 0.15) is 5.82 Å². The highest BCUT2D eigenvalue weighted by molar-refractivity contribution is 9.10. The van der Waals surface area contributed by atoms with Crippen molar-refractivity contribution in [3.05, 3.63) is 10.7 Å². The summed E-state index contributed by atoms with van der Waals surface area (Å²) in [6.45, 7) is 1.72. The van der Waals surface area contributed by atoms with Gasteiger partial charge < -0.3 is 10.1 Å². The van der Waals surface area contributed by atoms with Crippen molar-refractivity contribution >= 4 is 27.7 Å². The van der Waals surface area contributed by atoms with Gasteiger partial charge in [0.05, 0.1) is 10.6 Å². The highest BCUT2D eigenvalue weighted by Gasteiger charge is 2.15. The van der Waals surface area contributed by atoms with Crippen molar-refractivity contribution in [2.24, 2.45) is 5.84 Å². The summed E-state index contributed by atoms with van der Waals surface area (Å²) in [6, 6.07) is 0.